The lowest BCUT2D eigenvalue weighted by Crippen LogP contribution is -2.59. The zero-order valence-corrected chi connectivity index (χ0v) is 47.7. The second-order valence-electron chi connectivity index (χ2n) is 21.1. The number of aliphatic hydroxyl groups is 2. The molecule has 3 rings (SSSR count). The van der Waals surface area contributed by atoms with E-state index in [1.807, 2.05) is 44.2 Å². The molecule has 428 valence electrons. The third-order valence-electron chi connectivity index (χ3n) is 15.1. The Balaban J connectivity index is 1.98. The van der Waals surface area contributed by atoms with E-state index in [4.69, 9.17) is 37.9 Å². The van der Waals surface area contributed by atoms with Crippen molar-refractivity contribution in [2.45, 2.75) is 174 Å². The third kappa shape index (κ3) is 21.0. The summed E-state index contributed by atoms with van der Waals surface area (Å²) in [6.45, 7) is 13.5. The maximum atomic E-state index is 14.2. The number of amides is 1. The Morgan fingerprint density at radius 2 is 1.55 bits per heavy atom. The van der Waals surface area contributed by atoms with Crippen LogP contribution in [0.3, 0.4) is 0 Å². The molecule has 0 radical (unpaired) electrons. The number of fused-ring (bicyclic) bond motifs is 2. The van der Waals surface area contributed by atoms with Gasteiger partial charge in [-0.3, -0.25) is 19.2 Å². The second kappa shape index (κ2) is 32.4. The summed E-state index contributed by atoms with van der Waals surface area (Å²) in [5.41, 5.74) is 1.18. The average molecular weight is 1080 g/mol. The average Bonchev–Trinajstić information content (AvgIpc) is 3.37. The molecule has 0 aromatic carbocycles. The number of ether oxygens (including phenoxy) is 8. The van der Waals surface area contributed by atoms with Gasteiger partial charge in [0.25, 0.3) is 11.7 Å². The van der Waals surface area contributed by atoms with E-state index in [0.717, 1.165) is 16.9 Å². The van der Waals surface area contributed by atoms with Crippen molar-refractivity contribution in [1.29, 1.82) is 0 Å². The lowest BCUT2D eigenvalue weighted by Gasteiger charge is -2.41. The van der Waals surface area contributed by atoms with Crippen molar-refractivity contribution >= 4 is 39.1 Å². The summed E-state index contributed by atoms with van der Waals surface area (Å²) >= 11 is 0. The molecule has 75 heavy (non-hydrogen) atoms. The molecule has 1 amide bonds. The monoisotopic (exact) mass is 1080 g/mol. The zero-order valence-electron chi connectivity index (χ0n) is 46.9. The molecular weight excluding hydrogens is 991 g/mol. The van der Waals surface area contributed by atoms with Gasteiger partial charge in [0.05, 0.1) is 56.6 Å². The summed E-state index contributed by atoms with van der Waals surface area (Å²) in [4.78, 5) is 71.2. The third-order valence-corrected chi connectivity index (χ3v) is 16.1. The van der Waals surface area contributed by atoms with Crippen molar-refractivity contribution in [2.24, 2.45) is 29.6 Å². The molecule has 2 bridgehead atoms. The van der Waals surface area contributed by atoms with Crippen LogP contribution in [0.5, 0.6) is 0 Å². The van der Waals surface area contributed by atoms with E-state index in [0.29, 0.717) is 76.8 Å². The van der Waals surface area contributed by atoms with E-state index < -0.39 is 93.5 Å². The van der Waals surface area contributed by atoms with Gasteiger partial charge in [0.15, 0.2) is 5.78 Å². The highest BCUT2D eigenvalue weighted by Crippen LogP contribution is 2.37. The van der Waals surface area contributed by atoms with E-state index in [1.54, 1.807) is 48.0 Å². The van der Waals surface area contributed by atoms with Gasteiger partial charge in [-0.05, 0) is 102 Å². The molecule has 0 spiro atoms. The van der Waals surface area contributed by atoms with Gasteiger partial charge in [0.1, 0.15) is 40.0 Å². The molecule has 2 fully saturated rings. The summed E-state index contributed by atoms with van der Waals surface area (Å²) in [5, 5.41) is 23.4. The number of hydrogen-bond donors (Lipinski definition) is 2. The van der Waals surface area contributed by atoms with Crippen LogP contribution in [0.25, 0.3) is 0 Å². The fourth-order valence-electron chi connectivity index (χ4n) is 9.88. The van der Waals surface area contributed by atoms with Gasteiger partial charge >= 0.3 is 5.97 Å². The van der Waals surface area contributed by atoms with Crippen LogP contribution in [0.4, 0.5) is 0 Å². The predicted octanol–water partition coefficient (Wildman–Crippen LogP) is 5.89. The van der Waals surface area contributed by atoms with E-state index in [9.17, 15) is 42.6 Å². The maximum absolute atomic E-state index is 14.2. The Bertz CT molecular complexity index is 2070. The van der Waals surface area contributed by atoms with Crippen molar-refractivity contribution in [2.75, 3.05) is 73.4 Å². The molecule has 14 atom stereocenters. The Hall–Kier alpha value is -3.50. The standard InChI is InChI=1S/C56H91NO17S/c1-36-19-16-14-13-15-17-20-37(2)50(59)52(69-11)51(60)40(5)31-38(3)45(58)35-48(39(4)32-43-22-24-46(49(33-43)68-10)71-25-18-30-75(12,65)66)73-55(63)42(7)57(8)54(62)53(61)56(64)41(6)21-23-44(74-56)34-47(36)72-29-28-70-27-26-67-9/h13-16,19,31,37-39,41-44,46-49,51-52,60,64H,17-18,20-30,32-35H2,1-12H3/b15-13-,16-14-,36-19-,40-31-/t37?,38?,39-,41+,42?,43+,44-,46-,47?,48?,49-,51?,52?,56+/m1/s1. The molecule has 2 aliphatic heterocycles. The van der Waals surface area contributed by atoms with Crippen LogP contribution in [-0.2, 0) is 71.7 Å². The number of nitrogens with zero attached hydrogens (tertiary/aromatic N) is 1. The Morgan fingerprint density at radius 3 is 2.21 bits per heavy atom. The molecular formula is C56H91NO17S. The second-order valence-corrected chi connectivity index (χ2v) is 23.4. The molecule has 0 aromatic rings. The number of cyclic esters (lactones) is 1. The van der Waals surface area contributed by atoms with Crippen LogP contribution in [-0.4, -0.2) is 181 Å². The Labute approximate surface area is 447 Å². The molecule has 1 aliphatic carbocycles. The number of likely N-dealkylation sites (N-methyl/N-ethyl adjacent to an activating group) is 1. The van der Waals surface area contributed by atoms with Gasteiger partial charge in [-0.15, -0.1) is 0 Å². The van der Waals surface area contributed by atoms with Crippen molar-refractivity contribution in [3.05, 3.63) is 47.6 Å². The first-order valence-electron chi connectivity index (χ1n) is 26.8. The molecule has 1 saturated heterocycles. The van der Waals surface area contributed by atoms with Crippen LogP contribution >= 0.6 is 0 Å². The number of carbonyl (C=O) groups is 5. The minimum absolute atomic E-state index is 0.0196. The molecule has 2 N–H and O–H groups in total. The summed E-state index contributed by atoms with van der Waals surface area (Å²) < 4.78 is 70.1. The number of rotatable bonds is 17. The molecule has 18 nitrogen and oxygen atoms in total. The molecule has 0 aromatic heterocycles. The lowest BCUT2D eigenvalue weighted by atomic mass is 9.78. The highest BCUT2D eigenvalue weighted by molar-refractivity contribution is 7.90. The molecule has 1 saturated carbocycles. The molecule has 19 heteroatoms. The minimum Gasteiger partial charge on any atom is -0.460 e. The lowest BCUT2D eigenvalue weighted by molar-refractivity contribution is -0.266. The molecule has 2 heterocycles. The first-order valence-corrected chi connectivity index (χ1v) is 28.8. The minimum atomic E-state index is -3.13. The quantitative estimate of drug-likeness (QED) is 0.0747. The summed E-state index contributed by atoms with van der Waals surface area (Å²) in [6, 6.07) is -1.34. The van der Waals surface area contributed by atoms with Crippen LogP contribution in [0, 0.1) is 29.6 Å². The fourth-order valence-corrected chi connectivity index (χ4v) is 10.5. The Morgan fingerprint density at radius 1 is 0.840 bits per heavy atom. The molecule has 7 unspecified atom stereocenters. The van der Waals surface area contributed by atoms with Crippen molar-refractivity contribution in [3.63, 3.8) is 0 Å². The van der Waals surface area contributed by atoms with Gasteiger partial charge in [-0.25, -0.2) is 13.2 Å². The summed E-state index contributed by atoms with van der Waals surface area (Å²) in [6.07, 6.45) is 11.6. The summed E-state index contributed by atoms with van der Waals surface area (Å²) in [7, 11) is 2.68. The predicted molar refractivity (Wildman–Crippen MR) is 283 cm³/mol. The zero-order chi connectivity index (χ0) is 56.0. The highest BCUT2D eigenvalue weighted by Gasteiger charge is 2.52. The molecule has 3 aliphatic rings. The van der Waals surface area contributed by atoms with E-state index in [1.165, 1.54) is 27.3 Å². The van der Waals surface area contributed by atoms with Crippen molar-refractivity contribution in [1.82, 2.24) is 4.90 Å². The van der Waals surface area contributed by atoms with Gasteiger partial charge < -0.3 is 53.0 Å². The number of aliphatic hydroxyl groups excluding tert-OH is 1. The smallest absolute Gasteiger partial charge is 0.328 e. The number of methoxy groups -OCH3 is 3. The van der Waals surface area contributed by atoms with Gasteiger partial charge in [-0.2, -0.15) is 0 Å². The number of esters is 1. The fraction of sp³-hybridized carbons (Fsp3) is 0.768. The van der Waals surface area contributed by atoms with Gasteiger partial charge in [-0.1, -0.05) is 64.2 Å². The largest absolute Gasteiger partial charge is 0.460 e. The van der Waals surface area contributed by atoms with Crippen LogP contribution in [0.1, 0.15) is 119 Å². The Kier molecular flexibility index (Phi) is 28.4. The SMILES string of the molecule is COCCOCCOC1C[C@H]2CC[C@H](C)[C@](O)(O2)C(=O)C(=O)N(C)C(C)C(=O)OC([C@H](C)C[C@@H]2CC[C@@H](OCCCS(C)(=O)=O)[C@H](OC)C2)CC(=O)C(C)/C=C(/C)C(O)C(OC)C(=O)C(C)CC\C=C/C=C\C=C/1C. The van der Waals surface area contributed by atoms with E-state index >= 15 is 0 Å². The highest BCUT2D eigenvalue weighted by atomic mass is 32.2. The van der Waals surface area contributed by atoms with E-state index in [2.05, 4.69) is 0 Å². The number of Topliss-reactive ketones (excluding diaryl/α,β-unsaturated/α-hetero) is 3. The number of sulfone groups is 1. The number of allylic oxidation sites excluding steroid dienone is 6. The maximum Gasteiger partial charge on any atom is 0.328 e. The first-order chi connectivity index (χ1) is 35.4. The normalized spacial score (nSPS) is 35.0. The van der Waals surface area contributed by atoms with Crippen LogP contribution in [0.15, 0.2) is 47.6 Å². The van der Waals surface area contributed by atoms with Gasteiger partial charge in [0, 0.05) is 71.8 Å². The number of ketones is 3. The summed E-state index contributed by atoms with van der Waals surface area (Å²) in [5.74, 6) is -8.71. The van der Waals surface area contributed by atoms with Crippen LogP contribution < -0.4 is 0 Å². The number of hydrogen-bond acceptors (Lipinski definition) is 17. The van der Waals surface area contributed by atoms with E-state index in [-0.39, 0.29) is 61.5 Å². The van der Waals surface area contributed by atoms with Crippen molar-refractivity contribution < 1.29 is 80.5 Å². The van der Waals surface area contributed by atoms with Crippen LogP contribution in [0.2, 0.25) is 0 Å². The first kappa shape index (κ1) is 65.8. The van der Waals surface area contributed by atoms with Gasteiger partial charge in [0.2, 0.25) is 5.79 Å². The number of carbonyl (C=O) groups excluding carboxylic acids is 5. The van der Waals surface area contributed by atoms with Crippen molar-refractivity contribution in [3.8, 4) is 0 Å². The topological polar surface area (TPSA) is 237 Å².